The van der Waals surface area contributed by atoms with Gasteiger partial charge in [-0.3, -0.25) is 4.79 Å². The van der Waals surface area contributed by atoms with Crippen molar-refractivity contribution in [2.75, 3.05) is 12.8 Å². The van der Waals surface area contributed by atoms with Gasteiger partial charge in [0.05, 0.1) is 12.8 Å². The second kappa shape index (κ2) is 7.68. The molecule has 0 atom stereocenters. The van der Waals surface area contributed by atoms with Crippen molar-refractivity contribution in [3.05, 3.63) is 69.8 Å². The molecule has 0 spiro atoms. The second-order valence-electron chi connectivity index (χ2n) is 7.53. The fourth-order valence-electron chi connectivity index (χ4n) is 2.98. The Morgan fingerprint density at radius 3 is 2.50 bits per heavy atom. The molecule has 0 saturated heterocycles. The van der Waals surface area contributed by atoms with E-state index in [1.807, 2.05) is 36.4 Å². The van der Waals surface area contributed by atoms with Gasteiger partial charge in [0, 0.05) is 22.9 Å². The zero-order valence-corrected chi connectivity index (χ0v) is 16.5. The number of nitrogens with two attached hydrogens (primary N) is 1. The number of anilines is 1. The average molecular weight is 376 g/mol. The average Bonchev–Trinajstić information content (AvgIpc) is 2.66. The van der Waals surface area contributed by atoms with Gasteiger partial charge < -0.3 is 15.5 Å². The van der Waals surface area contributed by atoms with E-state index in [0.29, 0.717) is 17.1 Å². The topological polar surface area (TPSA) is 93.9 Å². The third-order valence-electron chi connectivity index (χ3n) is 4.40. The molecule has 1 aromatic carbocycles. The molecule has 2 heterocycles. The number of hydrogen-bond acceptors (Lipinski definition) is 5. The minimum atomic E-state index is -0.174. The van der Waals surface area contributed by atoms with Crippen molar-refractivity contribution in [1.29, 1.82) is 0 Å². The van der Waals surface area contributed by atoms with Gasteiger partial charge >= 0.3 is 0 Å². The molecule has 0 radical (unpaired) electrons. The summed E-state index contributed by atoms with van der Waals surface area (Å²) in [6.07, 6.45) is 5.38. The molecule has 6 nitrogen and oxygen atoms in total. The van der Waals surface area contributed by atoms with Gasteiger partial charge in [0.25, 0.3) is 5.56 Å². The van der Waals surface area contributed by atoms with Gasteiger partial charge in [-0.1, -0.05) is 20.8 Å². The van der Waals surface area contributed by atoms with Gasteiger partial charge in [-0.05, 0) is 59.5 Å². The number of nitrogens with one attached hydrogen (secondary N) is 1. The quantitative estimate of drug-likeness (QED) is 0.720. The van der Waals surface area contributed by atoms with E-state index in [-0.39, 0.29) is 11.0 Å². The second-order valence-corrected chi connectivity index (χ2v) is 7.53. The number of aromatic nitrogens is 3. The molecule has 3 rings (SSSR count). The minimum absolute atomic E-state index is 0.133. The maximum atomic E-state index is 12.3. The Hall–Kier alpha value is -3.41. The number of pyridine rings is 1. The van der Waals surface area contributed by atoms with Crippen molar-refractivity contribution in [1.82, 2.24) is 15.2 Å². The maximum absolute atomic E-state index is 12.3. The number of rotatable bonds is 4. The van der Waals surface area contributed by atoms with Crippen molar-refractivity contribution < 1.29 is 4.74 Å². The first-order valence-electron chi connectivity index (χ1n) is 8.97. The van der Waals surface area contributed by atoms with Crippen LogP contribution in [0, 0.1) is 0 Å². The van der Waals surface area contributed by atoms with Crippen LogP contribution in [0.3, 0.4) is 0 Å². The van der Waals surface area contributed by atoms with Crippen molar-refractivity contribution in [2.24, 2.45) is 0 Å². The van der Waals surface area contributed by atoms with Crippen LogP contribution in [0.1, 0.15) is 37.6 Å². The highest BCUT2D eigenvalue weighted by Crippen LogP contribution is 2.38. The first kappa shape index (κ1) is 19.4. The van der Waals surface area contributed by atoms with E-state index in [1.165, 1.54) is 0 Å². The van der Waals surface area contributed by atoms with Crippen LogP contribution in [-0.4, -0.2) is 22.3 Å². The number of methoxy groups -OCH3 is 1. The van der Waals surface area contributed by atoms with Crippen molar-refractivity contribution in [3.8, 4) is 16.9 Å². The van der Waals surface area contributed by atoms with Gasteiger partial charge in [0.15, 0.2) is 0 Å². The summed E-state index contributed by atoms with van der Waals surface area (Å²) in [6, 6.07) is 11.1. The third kappa shape index (κ3) is 4.11. The Balaban J connectivity index is 2.19. The molecule has 3 N–H and O–H groups in total. The number of aromatic amines is 1. The molecule has 0 aliphatic rings. The molecule has 2 aromatic heterocycles. The summed E-state index contributed by atoms with van der Waals surface area (Å²) in [5.41, 5.74) is 9.27. The monoisotopic (exact) mass is 376 g/mol. The molecule has 0 amide bonds. The molecule has 6 heteroatoms. The van der Waals surface area contributed by atoms with E-state index in [0.717, 1.165) is 22.4 Å². The van der Waals surface area contributed by atoms with E-state index >= 15 is 0 Å². The summed E-state index contributed by atoms with van der Waals surface area (Å²) >= 11 is 0. The van der Waals surface area contributed by atoms with Crippen LogP contribution in [-0.2, 0) is 5.41 Å². The number of nitrogen functional groups attached to an aromatic ring is 1. The normalized spacial score (nSPS) is 11.7. The van der Waals surface area contributed by atoms with Gasteiger partial charge in [0.1, 0.15) is 11.6 Å². The first-order valence-corrected chi connectivity index (χ1v) is 8.97. The molecule has 144 valence electrons. The summed E-state index contributed by atoms with van der Waals surface area (Å²) in [5, 5.41) is 7.92. The fourth-order valence-corrected chi connectivity index (χ4v) is 2.98. The minimum Gasteiger partial charge on any atom is -0.496 e. The summed E-state index contributed by atoms with van der Waals surface area (Å²) in [6.45, 7) is 6.34. The fraction of sp³-hybridized carbons (Fsp3) is 0.227. The molecular weight excluding hydrogens is 352 g/mol. The number of H-pyrrole nitrogens is 1. The van der Waals surface area contributed by atoms with E-state index in [1.54, 1.807) is 25.4 Å². The van der Waals surface area contributed by atoms with Gasteiger partial charge in [-0.25, -0.2) is 0 Å². The van der Waals surface area contributed by atoms with E-state index in [2.05, 4.69) is 36.0 Å². The molecule has 0 aliphatic carbocycles. The van der Waals surface area contributed by atoms with Gasteiger partial charge in [-0.15, -0.1) is 10.2 Å². The van der Waals surface area contributed by atoms with Crippen LogP contribution >= 0.6 is 0 Å². The zero-order chi connectivity index (χ0) is 20.3. The summed E-state index contributed by atoms with van der Waals surface area (Å²) in [4.78, 5) is 15.1. The van der Waals surface area contributed by atoms with Gasteiger partial charge in [-0.2, -0.15) is 0 Å². The Labute approximate surface area is 164 Å². The van der Waals surface area contributed by atoms with Crippen LogP contribution in [0.5, 0.6) is 5.75 Å². The number of ether oxygens (including phenoxy) is 1. The lowest BCUT2D eigenvalue weighted by Crippen LogP contribution is -2.15. The number of nitrogens with zero attached hydrogens (tertiary/aromatic N) is 2. The van der Waals surface area contributed by atoms with Crippen LogP contribution in [0.2, 0.25) is 0 Å². The summed E-state index contributed by atoms with van der Waals surface area (Å²) < 4.78 is 5.74. The van der Waals surface area contributed by atoms with E-state index < -0.39 is 0 Å². The maximum Gasteiger partial charge on any atom is 0.255 e. The molecule has 0 fully saturated rings. The van der Waals surface area contributed by atoms with Crippen molar-refractivity contribution in [3.63, 3.8) is 0 Å². The van der Waals surface area contributed by atoms with E-state index in [4.69, 9.17) is 10.5 Å². The standard InChI is InChI=1S/C22H24N4O2/c1-22(2,3)18-13-15(17-6-5-11-24-21(17)27)12-14(20(18)28-4)7-8-16-9-10-19(23)26-25-16/h5-13H,1-4H3,(H2,23,26)(H,24,27). The number of benzene rings is 1. The highest BCUT2D eigenvalue weighted by Gasteiger charge is 2.22. The summed E-state index contributed by atoms with van der Waals surface area (Å²) in [7, 11) is 1.65. The molecule has 28 heavy (non-hydrogen) atoms. The molecular formula is C22H24N4O2. The molecule has 0 bridgehead atoms. The lowest BCUT2D eigenvalue weighted by atomic mass is 9.83. The van der Waals surface area contributed by atoms with Crippen LogP contribution in [0.25, 0.3) is 23.3 Å². The van der Waals surface area contributed by atoms with Crippen LogP contribution in [0.4, 0.5) is 5.82 Å². The molecule has 0 saturated carbocycles. The van der Waals surface area contributed by atoms with Crippen molar-refractivity contribution in [2.45, 2.75) is 26.2 Å². The van der Waals surface area contributed by atoms with Crippen LogP contribution < -0.4 is 16.0 Å². The smallest absolute Gasteiger partial charge is 0.255 e. The lowest BCUT2D eigenvalue weighted by Gasteiger charge is -2.24. The SMILES string of the molecule is COc1c(C=Cc2ccc(N)nn2)cc(-c2ccc[nH]c2=O)cc1C(C)(C)C. The van der Waals surface area contributed by atoms with E-state index in [9.17, 15) is 4.79 Å². The Bertz CT molecular complexity index is 1060. The van der Waals surface area contributed by atoms with Crippen molar-refractivity contribution >= 4 is 18.0 Å². The molecule has 0 unspecified atom stereocenters. The number of hydrogen-bond donors (Lipinski definition) is 2. The largest absolute Gasteiger partial charge is 0.496 e. The third-order valence-corrected chi connectivity index (χ3v) is 4.40. The predicted molar refractivity (Wildman–Crippen MR) is 113 cm³/mol. The highest BCUT2D eigenvalue weighted by atomic mass is 16.5. The highest BCUT2D eigenvalue weighted by molar-refractivity contribution is 5.78. The Kier molecular flexibility index (Phi) is 5.31. The molecule has 0 aliphatic heterocycles. The van der Waals surface area contributed by atoms with Gasteiger partial charge in [0.2, 0.25) is 0 Å². The Morgan fingerprint density at radius 1 is 1.11 bits per heavy atom. The predicted octanol–water partition coefficient (Wildman–Crippen LogP) is 3.89. The Morgan fingerprint density at radius 2 is 1.89 bits per heavy atom. The zero-order valence-electron chi connectivity index (χ0n) is 16.5. The van der Waals surface area contributed by atoms with Crippen LogP contribution in [0.15, 0.2) is 47.4 Å². The molecule has 3 aromatic rings. The first-order chi connectivity index (χ1) is 13.3. The lowest BCUT2D eigenvalue weighted by molar-refractivity contribution is 0.397. The summed E-state index contributed by atoms with van der Waals surface area (Å²) in [5.74, 6) is 1.14.